The van der Waals surface area contributed by atoms with Gasteiger partial charge in [0.05, 0.1) is 19.7 Å². The molecule has 0 aliphatic carbocycles. The zero-order valence-corrected chi connectivity index (χ0v) is 35.9. The first-order chi connectivity index (χ1) is 26.5. The van der Waals surface area contributed by atoms with Crippen LogP contribution in [0.25, 0.3) is 0 Å². The molecule has 2 N–H and O–H groups in total. The van der Waals surface area contributed by atoms with Gasteiger partial charge >= 0.3 is 11.9 Å². The number of nitrogens with one attached hydrogen (secondary N) is 1. The maximum Gasteiger partial charge on any atom is 0.305 e. The zero-order valence-electron chi connectivity index (χ0n) is 35.1. The van der Waals surface area contributed by atoms with Gasteiger partial charge < -0.3 is 24.8 Å². The highest BCUT2D eigenvalue weighted by atomic mass is 32.2. The Morgan fingerprint density at radius 2 is 0.907 bits per heavy atom. The summed E-state index contributed by atoms with van der Waals surface area (Å²) < 4.78 is 10.9. The van der Waals surface area contributed by atoms with Crippen molar-refractivity contribution in [3.05, 3.63) is 24.3 Å². The number of ether oxygens (including phenoxy) is 2. The number of hydrogen-bond acceptors (Lipinski definition) is 8. The van der Waals surface area contributed by atoms with Crippen LogP contribution in [0.15, 0.2) is 24.3 Å². The molecule has 0 aliphatic rings. The third kappa shape index (κ3) is 39.8. The number of aliphatic hydroxyl groups excluding tert-OH is 1. The smallest absolute Gasteiger partial charge is 0.305 e. The highest BCUT2D eigenvalue weighted by molar-refractivity contribution is 8.13. The van der Waals surface area contributed by atoms with Crippen LogP contribution in [0.5, 0.6) is 0 Å². The summed E-state index contributed by atoms with van der Waals surface area (Å²) in [6, 6.07) is 0. The number of carbonyl (C=O) groups is 3. The number of carbonyl (C=O) groups excluding carboxylic acids is 3. The van der Waals surface area contributed by atoms with Crippen LogP contribution >= 0.6 is 11.8 Å². The fourth-order valence-electron chi connectivity index (χ4n) is 6.16. The summed E-state index contributed by atoms with van der Waals surface area (Å²) in [7, 11) is 0. The van der Waals surface area contributed by atoms with Crippen LogP contribution in [0, 0.1) is 0 Å². The summed E-state index contributed by atoms with van der Waals surface area (Å²) in [6.45, 7) is 6.43. The van der Waals surface area contributed by atoms with Gasteiger partial charge in [0.25, 0.3) is 5.24 Å². The van der Waals surface area contributed by atoms with E-state index in [-0.39, 0.29) is 50.1 Å². The van der Waals surface area contributed by atoms with Crippen molar-refractivity contribution in [1.82, 2.24) is 10.2 Å². The van der Waals surface area contributed by atoms with E-state index in [4.69, 9.17) is 14.6 Å². The molecule has 0 spiro atoms. The molecule has 0 atom stereocenters. The second-order valence-electron chi connectivity index (χ2n) is 14.7. The first kappa shape index (κ1) is 52.2. The Kier molecular flexibility index (Phi) is 42.4. The summed E-state index contributed by atoms with van der Waals surface area (Å²) >= 11 is 1.17. The van der Waals surface area contributed by atoms with E-state index in [1.54, 1.807) is 4.90 Å². The summed E-state index contributed by atoms with van der Waals surface area (Å²) in [4.78, 5) is 39.2. The largest absolute Gasteiger partial charge is 0.464 e. The topological polar surface area (TPSA) is 105 Å². The van der Waals surface area contributed by atoms with Gasteiger partial charge in [0.1, 0.15) is 13.2 Å². The number of amides is 1. The van der Waals surface area contributed by atoms with Gasteiger partial charge in [0.2, 0.25) is 0 Å². The Hall–Kier alpha value is -1.84. The van der Waals surface area contributed by atoms with Gasteiger partial charge in [-0.3, -0.25) is 14.4 Å². The van der Waals surface area contributed by atoms with Gasteiger partial charge in [-0.15, -0.1) is 0 Å². The normalized spacial score (nSPS) is 11.5. The Balaban J connectivity index is 4.10. The quantitative estimate of drug-likeness (QED) is 0.0359. The summed E-state index contributed by atoms with van der Waals surface area (Å²) in [5.74, 6) is 0.0967. The van der Waals surface area contributed by atoms with E-state index in [1.807, 2.05) is 0 Å². The summed E-state index contributed by atoms with van der Waals surface area (Å²) in [6.07, 6.45) is 41.6. The molecule has 0 saturated carbocycles. The lowest BCUT2D eigenvalue weighted by Crippen LogP contribution is -2.35. The maximum atomic E-state index is 12.9. The molecule has 0 rings (SSSR count). The number of nitrogens with zero attached hydrogens (tertiary/aromatic N) is 1. The average molecular weight is 781 g/mol. The van der Waals surface area contributed by atoms with Crippen molar-refractivity contribution in [3.8, 4) is 0 Å². The van der Waals surface area contributed by atoms with Crippen LogP contribution in [0.3, 0.4) is 0 Å². The SMILES string of the molecule is CCCCCCCC/C=C\CCCCCCCC(=O)OCCN(CCOC(=O)CCCCCCC/C=C\CCCCCCCC)C(=O)SCCNCCO. The lowest BCUT2D eigenvalue weighted by Gasteiger charge is -2.22. The molecule has 9 heteroatoms. The first-order valence-electron chi connectivity index (χ1n) is 22.4. The molecule has 0 saturated heterocycles. The lowest BCUT2D eigenvalue weighted by molar-refractivity contribution is -0.144. The number of esters is 2. The molecule has 316 valence electrons. The van der Waals surface area contributed by atoms with Crippen molar-refractivity contribution in [2.75, 3.05) is 51.8 Å². The molecule has 0 bridgehead atoms. The van der Waals surface area contributed by atoms with E-state index in [0.717, 1.165) is 51.4 Å². The molecular formula is C45H84N2O6S. The van der Waals surface area contributed by atoms with E-state index in [1.165, 1.54) is 127 Å². The minimum atomic E-state index is -0.229. The summed E-state index contributed by atoms with van der Waals surface area (Å²) in [5, 5.41) is 11.9. The van der Waals surface area contributed by atoms with Crippen molar-refractivity contribution in [2.45, 2.75) is 194 Å². The third-order valence-electron chi connectivity index (χ3n) is 9.59. The first-order valence-corrected chi connectivity index (χ1v) is 23.4. The zero-order chi connectivity index (χ0) is 39.4. The second kappa shape index (κ2) is 43.9. The van der Waals surface area contributed by atoms with Crippen LogP contribution in [0.4, 0.5) is 4.79 Å². The van der Waals surface area contributed by atoms with E-state index in [0.29, 0.717) is 31.7 Å². The minimum absolute atomic E-state index is 0.0511. The van der Waals surface area contributed by atoms with Gasteiger partial charge in [-0.25, -0.2) is 0 Å². The number of hydrogen-bond donors (Lipinski definition) is 2. The number of thioether (sulfide) groups is 1. The third-order valence-corrected chi connectivity index (χ3v) is 10.5. The molecule has 0 aromatic carbocycles. The molecular weight excluding hydrogens is 697 g/mol. The summed E-state index contributed by atoms with van der Waals surface area (Å²) in [5.41, 5.74) is 0. The highest BCUT2D eigenvalue weighted by Crippen LogP contribution is 2.13. The molecule has 0 aromatic rings. The molecule has 0 unspecified atom stereocenters. The van der Waals surface area contributed by atoms with Crippen molar-refractivity contribution in [1.29, 1.82) is 0 Å². The molecule has 0 heterocycles. The Morgan fingerprint density at radius 1 is 0.537 bits per heavy atom. The fraction of sp³-hybridized carbons (Fsp3) is 0.844. The van der Waals surface area contributed by atoms with Gasteiger partial charge in [-0.05, 0) is 64.2 Å². The predicted molar refractivity (Wildman–Crippen MR) is 230 cm³/mol. The van der Waals surface area contributed by atoms with Gasteiger partial charge in [-0.2, -0.15) is 0 Å². The van der Waals surface area contributed by atoms with Crippen LogP contribution in [0.2, 0.25) is 0 Å². The van der Waals surface area contributed by atoms with Crippen LogP contribution in [-0.4, -0.2) is 78.9 Å². The average Bonchev–Trinajstić information content (AvgIpc) is 3.17. The van der Waals surface area contributed by atoms with Crippen LogP contribution < -0.4 is 5.32 Å². The number of rotatable bonds is 41. The maximum absolute atomic E-state index is 12.9. The van der Waals surface area contributed by atoms with Crippen LogP contribution in [-0.2, 0) is 19.1 Å². The standard InChI is InChI=1S/C45H84N2O6S/c1-3-5-7-9-11-13-15-17-19-21-23-25-27-29-31-33-43(49)52-40-37-47(45(51)54-42-36-46-35-39-48)38-41-53-44(50)34-32-30-28-26-24-22-20-18-16-14-12-10-8-6-4-2/h17-20,46,48H,3-16,21-42H2,1-2H3/b19-17-,20-18-. The molecule has 8 nitrogen and oxygen atoms in total. The van der Waals surface area contributed by atoms with Crippen molar-refractivity contribution >= 4 is 28.9 Å². The second-order valence-corrected chi connectivity index (χ2v) is 15.7. The Bertz CT molecular complexity index is 841. The van der Waals surface area contributed by atoms with Gasteiger partial charge in [0.15, 0.2) is 0 Å². The van der Waals surface area contributed by atoms with Crippen LogP contribution in [0.1, 0.15) is 194 Å². The fourth-order valence-corrected chi connectivity index (χ4v) is 6.95. The molecule has 0 fully saturated rings. The number of aliphatic hydroxyl groups is 1. The van der Waals surface area contributed by atoms with E-state index in [2.05, 4.69) is 43.5 Å². The predicted octanol–water partition coefficient (Wildman–Crippen LogP) is 11.9. The number of allylic oxidation sites excluding steroid dienone is 4. The van der Waals surface area contributed by atoms with Gasteiger partial charge in [-0.1, -0.05) is 153 Å². The van der Waals surface area contributed by atoms with Crippen molar-refractivity contribution in [2.24, 2.45) is 0 Å². The number of unbranched alkanes of at least 4 members (excludes halogenated alkanes) is 22. The Morgan fingerprint density at radius 3 is 1.30 bits per heavy atom. The van der Waals surface area contributed by atoms with Crippen molar-refractivity contribution < 1.29 is 29.0 Å². The molecule has 1 amide bonds. The van der Waals surface area contributed by atoms with E-state index < -0.39 is 0 Å². The van der Waals surface area contributed by atoms with E-state index >= 15 is 0 Å². The molecule has 0 aromatic heterocycles. The minimum Gasteiger partial charge on any atom is -0.464 e. The molecule has 54 heavy (non-hydrogen) atoms. The Labute approximate surface area is 336 Å². The van der Waals surface area contributed by atoms with Crippen molar-refractivity contribution in [3.63, 3.8) is 0 Å². The lowest BCUT2D eigenvalue weighted by atomic mass is 10.1. The van der Waals surface area contributed by atoms with E-state index in [9.17, 15) is 14.4 Å². The molecule has 0 aliphatic heterocycles. The van der Waals surface area contributed by atoms with Gasteiger partial charge in [0, 0.05) is 31.7 Å². The molecule has 0 radical (unpaired) electrons. The highest BCUT2D eigenvalue weighted by Gasteiger charge is 2.16. The monoisotopic (exact) mass is 781 g/mol.